The normalized spacial score (nSPS) is 11.1. The molecule has 0 amide bonds. The van der Waals surface area contributed by atoms with Gasteiger partial charge >= 0.3 is 0 Å². The van der Waals surface area contributed by atoms with Crippen LogP contribution >= 0.6 is 0 Å². The highest BCUT2D eigenvalue weighted by Crippen LogP contribution is 2.36. The van der Waals surface area contributed by atoms with Gasteiger partial charge in [0.15, 0.2) is 0 Å². The Labute approximate surface area is 127 Å². The Hall–Kier alpha value is -1.82. The van der Waals surface area contributed by atoms with E-state index in [1.165, 1.54) is 0 Å². The van der Waals surface area contributed by atoms with Crippen LogP contribution < -0.4 is 0 Å². The molecule has 0 fully saturated rings. The van der Waals surface area contributed by atoms with Gasteiger partial charge in [0.1, 0.15) is 28.1 Å². The number of hydrogen-bond donors (Lipinski definition) is 2. The van der Waals surface area contributed by atoms with Crippen LogP contribution in [0.3, 0.4) is 0 Å². The first-order valence-corrected chi connectivity index (χ1v) is 7.72. The van der Waals surface area contributed by atoms with Gasteiger partial charge in [-0.2, -0.15) is 0 Å². The molecule has 0 aliphatic carbocycles. The molecule has 0 aliphatic heterocycles. The molecule has 112 valence electrons. The predicted octanol–water partition coefficient (Wildman–Crippen LogP) is 1.89. The molecule has 2 rings (SSSR count). The van der Waals surface area contributed by atoms with Crippen LogP contribution in [-0.2, 0) is 9.16 Å². The van der Waals surface area contributed by atoms with Gasteiger partial charge < -0.3 is 19.4 Å². The highest BCUT2D eigenvalue weighted by Gasteiger charge is 2.20. The van der Waals surface area contributed by atoms with Crippen molar-refractivity contribution in [1.82, 2.24) is 0 Å². The third-order valence-electron chi connectivity index (χ3n) is 3.22. The van der Waals surface area contributed by atoms with Crippen molar-refractivity contribution in [1.29, 1.82) is 0 Å². The number of aromatic hydroxyl groups is 2. The zero-order valence-electron chi connectivity index (χ0n) is 12.0. The number of hydrogen-bond acceptors (Lipinski definition) is 4. The van der Waals surface area contributed by atoms with Gasteiger partial charge in [-0.05, 0) is 18.6 Å². The average Bonchev–Trinajstić information content (AvgIpc) is 2.50. The Balaban J connectivity index is 2.27. The first kappa shape index (κ1) is 15.6. The molecular formula is C16H20O4Si. The van der Waals surface area contributed by atoms with Gasteiger partial charge in [-0.25, -0.2) is 0 Å². The number of phenolic OH excluding ortho intramolecular Hbond substituents is 2. The molecule has 5 heteroatoms. The predicted molar refractivity (Wildman–Crippen MR) is 84.5 cm³/mol. The maximum Gasteiger partial charge on any atom is 0.145 e. The summed E-state index contributed by atoms with van der Waals surface area (Å²) in [6.45, 7) is 1.16. The fourth-order valence-electron chi connectivity index (χ4n) is 2.17. The smallest absolute Gasteiger partial charge is 0.145 e. The molecule has 4 nitrogen and oxygen atoms in total. The Morgan fingerprint density at radius 2 is 1.38 bits per heavy atom. The van der Waals surface area contributed by atoms with Gasteiger partial charge in [0, 0.05) is 17.7 Å². The molecule has 2 aromatic carbocycles. The lowest BCUT2D eigenvalue weighted by Crippen LogP contribution is -2.09. The monoisotopic (exact) mass is 304 g/mol. The fraction of sp³-hybridized carbons (Fsp3) is 0.250. The summed E-state index contributed by atoms with van der Waals surface area (Å²) in [5.41, 5.74) is 1.29. The second kappa shape index (κ2) is 7.83. The maximum atomic E-state index is 10.1. The summed E-state index contributed by atoms with van der Waals surface area (Å²) in [6.07, 6.45) is 0.280. The van der Waals surface area contributed by atoms with E-state index in [0.717, 1.165) is 6.42 Å². The zero-order valence-corrected chi connectivity index (χ0v) is 14.0. The molecule has 0 heterocycles. The fourth-order valence-corrected chi connectivity index (χ4v) is 2.46. The number of para-hydroxylation sites is 2. The standard InChI is InChI=1S/C16H20O4Si/c17-14-8-3-1-6-12(14)16(19-10-5-11-20-21)13-7-2-4-9-15(13)18/h1-4,6-9,16-18H,5,10-11H2,21H3. The van der Waals surface area contributed by atoms with E-state index in [0.29, 0.717) is 34.8 Å². The summed E-state index contributed by atoms with van der Waals surface area (Å²) in [5, 5.41) is 20.1. The highest BCUT2D eigenvalue weighted by atomic mass is 28.2. The van der Waals surface area contributed by atoms with Gasteiger partial charge in [0.05, 0.1) is 6.61 Å². The Morgan fingerprint density at radius 1 is 0.857 bits per heavy atom. The van der Waals surface area contributed by atoms with Crippen LogP contribution in [0.5, 0.6) is 11.5 Å². The SMILES string of the molecule is Oc1ccccc1C(OCCCO[SiH3])c1ccccc1O. The number of benzene rings is 2. The maximum absolute atomic E-state index is 10.1. The van der Waals surface area contributed by atoms with Crippen LogP contribution in [0.15, 0.2) is 48.5 Å². The largest absolute Gasteiger partial charge is 0.508 e. The Morgan fingerprint density at radius 3 is 1.86 bits per heavy atom. The minimum absolute atomic E-state index is 0.157. The lowest BCUT2D eigenvalue weighted by atomic mass is 9.99. The van der Waals surface area contributed by atoms with E-state index >= 15 is 0 Å². The van der Waals surface area contributed by atoms with Gasteiger partial charge in [-0.1, -0.05) is 36.4 Å². The highest BCUT2D eigenvalue weighted by molar-refractivity contribution is 5.97. The molecule has 0 radical (unpaired) electrons. The van der Waals surface area contributed by atoms with Crippen molar-refractivity contribution in [3.63, 3.8) is 0 Å². The van der Waals surface area contributed by atoms with E-state index in [9.17, 15) is 10.2 Å². The van der Waals surface area contributed by atoms with Crippen molar-refractivity contribution in [3.8, 4) is 11.5 Å². The molecule has 0 unspecified atom stereocenters. The van der Waals surface area contributed by atoms with E-state index in [4.69, 9.17) is 9.16 Å². The van der Waals surface area contributed by atoms with Crippen molar-refractivity contribution in [3.05, 3.63) is 59.7 Å². The van der Waals surface area contributed by atoms with Crippen molar-refractivity contribution in [2.75, 3.05) is 13.2 Å². The summed E-state index contributed by atoms with van der Waals surface area (Å²) in [6, 6.07) is 14.0. The average molecular weight is 304 g/mol. The summed E-state index contributed by atoms with van der Waals surface area (Å²) in [5.74, 6) is 0.315. The van der Waals surface area contributed by atoms with Crippen LogP contribution in [0.1, 0.15) is 23.7 Å². The summed E-state index contributed by atoms with van der Waals surface area (Å²) < 4.78 is 11.0. The van der Waals surface area contributed by atoms with E-state index in [1.54, 1.807) is 36.4 Å². The molecule has 0 aromatic heterocycles. The molecule has 0 spiro atoms. The third-order valence-corrected chi connectivity index (χ3v) is 3.62. The van der Waals surface area contributed by atoms with Crippen LogP contribution in [0, 0.1) is 0 Å². The Kier molecular flexibility index (Phi) is 5.80. The van der Waals surface area contributed by atoms with Crippen molar-refractivity contribution in [2.24, 2.45) is 0 Å². The molecule has 0 atom stereocenters. The molecule has 0 aliphatic rings. The number of rotatable bonds is 7. The lowest BCUT2D eigenvalue weighted by Gasteiger charge is -2.20. The lowest BCUT2D eigenvalue weighted by molar-refractivity contribution is 0.0681. The van der Waals surface area contributed by atoms with Gasteiger partial charge in [0.25, 0.3) is 0 Å². The number of phenols is 2. The van der Waals surface area contributed by atoms with E-state index < -0.39 is 6.10 Å². The van der Waals surface area contributed by atoms with Crippen LogP contribution in [0.2, 0.25) is 0 Å². The molecule has 0 bridgehead atoms. The Bertz CT molecular complexity index is 528. The molecule has 2 aromatic rings. The van der Waals surface area contributed by atoms with Gasteiger partial charge in [-0.3, -0.25) is 0 Å². The summed E-state index contributed by atoms with van der Waals surface area (Å²) >= 11 is 0. The third kappa shape index (κ3) is 4.07. The van der Waals surface area contributed by atoms with Gasteiger partial charge in [0.2, 0.25) is 0 Å². The molecule has 21 heavy (non-hydrogen) atoms. The molecule has 0 saturated carbocycles. The molecular weight excluding hydrogens is 284 g/mol. The summed E-state index contributed by atoms with van der Waals surface area (Å²) in [7, 11) is 0.715. The van der Waals surface area contributed by atoms with Crippen molar-refractivity contribution < 1.29 is 19.4 Å². The van der Waals surface area contributed by atoms with E-state index in [-0.39, 0.29) is 11.5 Å². The topological polar surface area (TPSA) is 58.9 Å². The quantitative estimate of drug-likeness (QED) is 0.606. The first-order valence-electron chi connectivity index (χ1n) is 6.90. The molecule has 2 N–H and O–H groups in total. The number of ether oxygens (including phenoxy) is 1. The van der Waals surface area contributed by atoms with Crippen LogP contribution in [0.25, 0.3) is 0 Å². The van der Waals surface area contributed by atoms with Crippen LogP contribution in [-0.4, -0.2) is 33.9 Å². The van der Waals surface area contributed by atoms with Crippen LogP contribution in [0.4, 0.5) is 0 Å². The van der Waals surface area contributed by atoms with Crippen molar-refractivity contribution >= 4 is 10.5 Å². The van der Waals surface area contributed by atoms with Crippen molar-refractivity contribution in [2.45, 2.75) is 12.5 Å². The minimum Gasteiger partial charge on any atom is -0.508 e. The minimum atomic E-state index is -0.499. The zero-order chi connectivity index (χ0) is 15.1. The first-order chi connectivity index (χ1) is 10.2. The summed E-state index contributed by atoms with van der Waals surface area (Å²) in [4.78, 5) is 0. The molecule has 0 saturated heterocycles. The second-order valence-electron chi connectivity index (χ2n) is 4.71. The van der Waals surface area contributed by atoms with Gasteiger partial charge in [-0.15, -0.1) is 0 Å². The van der Waals surface area contributed by atoms with E-state index in [2.05, 4.69) is 0 Å². The van der Waals surface area contributed by atoms with E-state index in [1.807, 2.05) is 12.1 Å². The second-order valence-corrected chi connectivity index (χ2v) is 5.29.